The first kappa shape index (κ1) is 24.1. The Morgan fingerprint density at radius 1 is 1.06 bits per heavy atom. The van der Waals surface area contributed by atoms with Gasteiger partial charge in [-0.2, -0.15) is 10.2 Å². The molecule has 3 heterocycles. The number of alkyl halides is 2. The smallest absolute Gasteiger partial charge is 0.264 e. The molecule has 0 atom stereocenters. The summed E-state index contributed by atoms with van der Waals surface area (Å²) in [7, 11) is 0. The maximum absolute atomic E-state index is 13.5. The van der Waals surface area contributed by atoms with Gasteiger partial charge in [0.25, 0.3) is 6.43 Å². The molecule has 0 saturated heterocycles. The Morgan fingerprint density at radius 2 is 1.76 bits per heavy atom. The lowest BCUT2D eigenvalue weighted by Gasteiger charge is -2.09. The number of benzene rings is 1. The Morgan fingerprint density at radius 3 is 2.44 bits per heavy atom. The first-order valence-corrected chi connectivity index (χ1v) is 11.2. The van der Waals surface area contributed by atoms with Crippen molar-refractivity contribution < 1.29 is 13.6 Å². The number of nitrogens with one attached hydrogen (secondary N) is 1. The topological polar surface area (TPSA) is 77.6 Å². The highest BCUT2D eigenvalue weighted by atomic mass is 35.5. The summed E-state index contributed by atoms with van der Waals surface area (Å²) in [4.78, 5) is 17.2. The number of aromatic nitrogens is 5. The number of anilines is 1. The summed E-state index contributed by atoms with van der Waals surface area (Å²) in [6.07, 6.45) is -2.67. The van der Waals surface area contributed by atoms with Gasteiger partial charge in [-0.15, -0.1) is 0 Å². The molecule has 0 radical (unpaired) electrons. The van der Waals surface area contributed by atoms with Crippen molar-refractivity contribution in [3.8, 4) is 0 Å². The van der Waals surface area contributed by atoms with Crippen molar-refractivity contribution in [3.05, 3.63) is 68.2 Å². The molecule has 11 heteroatoms. The predicted molar refractivity (Wildman–Crippen MR) is 128 cm³/mol. The Balaban J connectivity index is 1.58. The zero-order chi connectivity index (χ0) is 24.7. The van der Waals surface area contributed by atoms with E-state index >= 15 is 0 Å². The number of carbonyl (C=O) groups is 1. The van der Waals surface area contributed by atoms with Crippen molar-refractivity contribution in [2.45, 2.75) is 47.2 Å². The third kappa shape index (κ3) is 4.63. The molecule has 0 bridgehead atoms. The van der Waals surface area contributed by atoms with E-state index in [0.29, 0.717) is 39.4 Å². The second kappa shape index (κ2) is 9.31. The molecule has 1 amide bonds. The Hall–Kier alpha value is -3.04. The standard InChI is InChI=1S/C23H22Cl2F2N6O/c1-11-7-17(22(26)27)20-12(2)30-33(23(20)28-11)10-19(34)29-21-13(3)31-32(14(21)4)9-15-5-6-16(24)8-18(15)25/h5-8,22H,9-10H2,1-4H3,(H,29,34). The minimum absolute atomic E-state index is 0.138. The number of fused-ring (bicyclic) bond motifs is 1. The van der Waals surface area contributed by atoms with Crippen LogP contribution in [-0.2, 0) is 17.9 Å². The van der Waals surface area contributed by atoms with Crippen LogP contribution in [0.15, 0.2) is 24.3 Å². The number of rotatable bonds is 6. The Kier molecular flexibility index (Phi) is 6.60. The van der Waals surface area contributed by atoms with E-state index in [-0.39, 0.29) is 29.0 Å². The highest BCUT2D eigenvalue weighted by molar-refractivity contribution is 6.35. The lowest BCUT2D eigenvalue weighted by atomic mass is 10.1. The van der Waals surface area contributed by atoms with Crippen LogP contribution >= 0.6 is 23.2 Å². The molecular weight excluding hydrogens is 485 g/mol. The molecule has 0 aliphatic heterocycles. The van der Waals surface area contributed by atoms with Gasteiger partial charge in [0.2, 0.25) is 5.91 Å². The molecule has 0 aliphatic rings. The fourth-order valence-electron chi connectivity index (χ4n) is 3.96. The van der Waals surface area contributed by atoms with E-state index in [4.69, 9.17) is 23.2 Å². The Bertz CT molecular complexity index is 1410. The molecule has 178 valence electrons. The van der Waals surface area contributed by atoms with Gasteiger partial charge in [-0.3, -0.25) is 9.48 Å². The summed E-state index contributed by atoms with van der Waals surface area (Å²) < 4.78 is 30.2. The summed E-state index contributed by atoms with van der Waals surface area (Å²) in [5.41, 5.74) is 3.72. The number of pyridine rings is 1. The van der Waals surface area contributed by atoms with Crippen molar-refractivity contribution in [1.82, 2.24) is 24.5 Å². The van der Waals surface area contributed by atoms with E-state index in [1.165, 1.54) is 10.7 Å². The summed E-state index contributed by atoms with van der Waals surface area (Å²) in [5, 5.41) is 13.0. The molecule has 7 nitrogen and oxygen atoms in total. The van der Waals surface area contributed by atoms with Crippen molar-refractivity contribution in [3.63, 3.8) is 0 Å². The van der Waals surface area contributed by atoms with Gasteiger partial charge in [-0.1, -0.05) is 29.3 Å². The van der Waals surface area contributed by atoms with Crippen molar-refractivity contribution >= 4 is 45.8 Å². The summed E-state index contributed by atoms with van der Waals surface area (Å²) in [6, 6.07) is 6.59. The van der Waals surface area contributed by atoms with Gasteiger partial charge < -0.3 is 5.32 Å². The van der Waals surface area contributed by atoms with Crippen LogP contribution in [0.25, 0.3) is 11.0 Å². The van der Waals surface area contributed by atoms with Gasteiger partial charge in [0.05, 0.1) is 34.7 Å². The van der Waals surface area contributed by atoms with Gasteiger partial charge in [0.1, 0.15) is 6.54 Å². The average Bonchev–Trinajstić information content (AvgIpc) is 3.19. The minimum atomic E-state index is -2.67. The molecule has 0 aliphatic carbocycles. The number of amides is 1. The average molecular weight is 507 g/mol. The number of nitrogens with zero attached hydrogens (tertiary/aromatic N) is 5. The molecule has 34 heavy (non-hydrogen) atoms. The highest BCUT2D eigenvalue weighted by Gasteiger charge is 2.22. The molecule has 0 unspecified atom stereocenters. The molecule has 0 spiro atoms. The van der Waals surface area contributed by atoms with Crippen LogP contribution in [0.4, 0.5) is 14.5 Å². The van der Waals surface area contributed by atoms with Crippen molar-refractivity contribution in [2.75, 3.05) is 5.32 Å². The highest BCUT2D eigenvalue weighted by Crippen LogP contribution is 2.30. The van der Waals surface area contributed by atoms with Gasteiger partial charge in [-0.25, -0.2) is 18.4 Å². The second-order valence-electron chi connectivity index (χ2n) is 8.08. The lowest BCUT2D eigenvalue weighted by Crippen LogP contribution is -2.20. The van der Waals surface area contributed by atoms with Gasteiger partial charge in [0, 0.05) is 21.3 Å². The SMILES string of the molecule is Cc1cc(C(F)F)c2c(C)nn(CC(=O)Nc3c(C)nn(Cc4ccc(Cl)cc4Cl)c3C)c2n1. The maximum Gasteiger partial charge on any atom is 0.264 e. The molecule has 4 rings (SSSR count). The zero-order valence-electron chi connectivity index (χ0n) is 19.0. The number of hydrogen-bond donors (Lipinski definition) is 1. The molecule has 1 aromatic carbocycles. The van der Waals surface area contributed by atoms with E-state index in [1.54, 1.807) is 37.6 Å². The first-order valence-electron chi connectivity index (χ1n) is 10.5. The van der Waals surface area contributed by atoms with Crippen LogP contribution < -0.4 is 5.32 Å². The predicted octanol–water partition coefficient (Wildman–Crippen LogP) is 5.79. The molecule has 4 aromatic rings. The van der Waals surface area contributed by atoms with Gasteiger partial charge in [0.15, 0.2) is 5.65 Å². The molecule has 3 aromatic heterocycles. The number of hydrogen-bond acceptors (Lipinski definition) is 4. The number of halogens is 4. The maximum atomic E-state index is 13.5. The number of aryl methyl sites for hydroxylation is 3. The fourth-order valence-corrected chi connectivity index (χ4v) is 4.43. The first-order chi connectivity index (χ1) is 16.0. The van der Waals surface area contributed by atoms with Crippen LogP contribution in [0.2, 0.25) is 10.0 Å². The summed E-state index contributed by atoms with van der Waals surface area (Å²) in [6.45, 7) is 7.10. The number of carbonyl (C=O) groups excluding carboxylic acids is 1. The molecule has 0 saturated carbocycles. The lowest BCUT2D eigenvalue weighted by molar-refractivity contribution is -0.116. The van der Waals surface area contributed by atoms with E-state index < -0.39 is 6.43 Å². The van der Waals surface area contributed by atoms with E-state index in [0.717, 1.165) is 11.3 Å². The van der Waals surface area contributed by atoms with E-state index in [1.807, 2.05) is 13.0 Å². The van der Waals surface area contributed by atoms with Crippen LogP contribution in [0.1, 0.15) is 40.3 Å². The van der Waals surface area contributed by atoms with Crippen LogP contribution in [0, 0.1) is 27.7 Å². The normalized spacial score (nSPS) is 11.6. The summed E-state index contributed by atoms with van der Waals surface area (Å²) >= 11 is 12.3. The van der Waals surface area contributed by atoms with E-state index in [9.17, 15) is 13.6 Å². The summed E-state index contributed by atoms with van der Waals surface area (Å²) in [5.74, 6) is -0.374. The van der Waals surface area contributed by atoms with Gasteiger partial charge in [-0.05, 0) is 51.5 Å². The zero-order valence-corrected chi connectivity index (χ0v) is 20.5. The second-order valence-corrected chi connectivity index (χ2v) is 8.93. The van der Waals surface area contributed by atoms with Crippen LogP contribution in [-0.4, -0.2) is 30.5 Å². The molecule has 0 fully saturated rings. The Labute approximate surface area is 204 Å². The van der Waals surface area contributed by atoms with Crippen LogP contribution in [0.3, 0.4) is 0 Å². The van der Waals surface area contributed by atoms with E-state index in [2.05, 4.69) is 20.5 Å². The quantitative estimate of drug-likeness (QED) is 0.358. The van der Waals surface area contributed by atoms with Crippen molar-refractivity contribution in [2.24, 2.45) is 0 Å². The van der Waals surface area contributed by atoms with Gasteiger partial charge >= 0.3 is 0 Å². The van der Waals surface area contributed by atoms with Crippen molar-refractivity contribution in [1.29, 1.82) is 0 Å². The minimum Gasteiger partial charge on any atom is -0.321 e. The largest absolute Gasteiger partial charge is 0.321 e. The monoisotopic (exact) mass is 506 g/mol. The molecule has 1 N–H and O–H groups in total. The third-order valence-corrected chi connectivity index (χ3v) is 6.13. The third-order valence-electron chi connectivity index (χ3n) is 5.55. The van der Waals surface area contributed by atoms with Crippen LogP contribution in [0.5, 0.6) is 0 Å². The fraction of sp³-hybridized carbons (Fsp3) is 0.304. The molecular formula is C23H22Cl2F2N6O.